The highest BCUT2D eigenvalue weighted by atomic mass is 16.6. The predicted octanol–water partition coefficient (Wildman–Crippen LogP) is 3.38. The predicted molar refractivity (Wildman–Crippen MR) is 100.0 cm³/mol. The first kappa shape index (κ1) is 16.9. The normalized spacial score (nSPS) is 14.9. The molecule has 1 heterocycles. The average Bonchev–Trinajstić information content (AvgIpc) is 2.66. The van der Waals surface area contributed by atoms with E-state index >= 15 is 0 Å². The number of benzene rings is 2. The van der Waals surface area contributed by atoms with E-state index in [9.17, 15) is 20.0 Å². The quantitative estimate of drug-likeness (QED) is 0.527. The van der Waals surface area contributed by atoms with Crippen LogP contribution in [0.4, 0.5) is 5.69 Å². The van der Waals surface area contributed by atoms with Crippen LogP contribution in [-0.4, -0.2) is 15.9 Å². The van der Waals surface area contributed by atoms with Gasteiger partial charge in [0.25, 0.3) is 5.69 Å². The summed E-state index contributed by atoms with van der Waals surface area (Å²) in [4.78, 5) is 27.4. The lowest BCUT2D eigenvalue weighted by Crippen LogP contribution is -2.26. The summed E-state index contributed by atoms with van der Waals surface area (Å²) in [6, 6.07) is 13.6. The second-order valence-corrected chi connectivity index (χ2v) is 6.46. The average molecular weight is 359 g/mol. The maximum atomic E-state index is 11.8. The number of nitro groups is 1. The molecule has 6 heteroatoms. The Kier molecular flexibility index (Phi) is 4.16. The number of hydrogen-bond donors (Lipinski definition) is 0. The Morgan fingerprint density at radius 3 is 2.59 bits per heavy atom. The van der Waals surface area contributed by atoms with Gasteiger partial charge in [0.15, 0.2) is 0 Å². The summed E-state index contributed by atoms with van der Waals surface area (Å²) < 4.78 is 0. The van der Waals surface area contributed by atoms with Crippen molar-refractivity contribution in [3.8, 4) is 0 Å². The summed E-state index contributed by atoms with van der Waals surface area (Å²) in [5, 5.41) is 23.7. The highest BCUT2D eigenvalue weighted by Crippen LogP contribution is 2.36. The number of aromatic nitrogens is 1. The van der Waals surface area contributed by atoms with E-state index in [1.165, 1.54) is 6.07 Å². The van der Waals surface area contributed by atoms with Crippen LogP contribution in [0.1, 0.15) is 40.0 Å². The molecule has 0 atom stereocenters. The van der Waals surface area contributed by atoms with Gasteiger partial charge in [-0.3, -0.25) is 10.1 Å². The van der Waals surface area contributed by atoms with Crippen LogP contribution in [0.2, 0.25) is 0 Å². The van der Waals surface area contributed by atoms with Crippen molar-refractivity contribution < 1.29 is 14.8 Å². The monoisotopic (exact) mass is 359 g/mol. The number of nitrogens with zero attached hydrogens (tertiary/aromatic N) is 2. The Morgan fingerprint density at radius 2 is 1.81 bits per heavy atom. The van der Waals surface area contributed by atoms with Crippen LogP contribution >= 0.6 is 0 Å². The number of nitro benzene ring substituents is 1. The summed E-state index contributed by atoms with van der Waals surface area (Å²) in [5.74, 6) is -1.23. The SMILES string of the molecule is O=C([O-])c1c2c(nc3ccccc13)/C(=C/c1ccccc1[N+](=O)[O-])CCC2. The maximum Gasteiger partial charge on any atom is 0.276 e. The third-order valence-corrected chi connectivity index (χ3v) is 4.84. The Labute approximate surface area is 154 Å². The van der Waals surface area contributed by atoms with Crippen molar-refractivity contribution in [3.05, 3.63) is 81.0 Å². The van der Waals surface area contributed by atoms with E-state index in [1.807, 2.05) is 0 Å². The molecule has 27 heavy (non-hydrogen) atoms. The standard InChI is InChI=1S/C21H16N2O4/c24-21(25)19-15-8-2-3-10-17(15)22-20-14(7-5-9-16(19)20)12-13-6-1-4-11-18(13)23(26)27/h1-4,6,8,10-12H,5,7,9H2,(H,24,25)/p-1/b14-12+. The van der Waals surface area contributed by atoms with Crippen LogP contribution in [0.5, 0.6) is 0 Å². The van der Waals surface area contributed by atoms with Crippen LogP contribution in [0.25, 0.3) is 22.6 Å². The second-order valence-electron chi connectivity index (χ2n) is 6.46. The lowest BCUT2D eigenvalue weighted by Gasteiger charge is -2.23. The topological polar surface area (TPSA) is 96.2 Å². The summed E-state index contributed by atoms with van der Waals surface area (Å²) in [6.07, 6.45) is 3.76. The third kappa shape index (κ3) is 2.95. The number of pyridine rings is 1. The van der Waals surface area contributed by atoms with Crippen molar-refractivity contribution in [1.29, 1.82) is 0 Å². The molecule has 3 aromatic rings. The molecule has 0 spiro atoms. The first-order valence-electron chi connectivity index (χ1n) is 8.63. The summed E-state index contributed by atoms with van der Waals surface area (Å²) >= 11 is 0. The first-order chi connectivity index (χ1) is 13.1. The van der Waals surface area contributed by atoms with Gasteiger partial charge < -0.3 is 9.90 Å². The van der Waals surface area contributed by atoms with Crippen molar-refractivity contribution in [3.63, 3.8) is 0 Å². The molecular formula is C21H15N2O4-. The fraction of sp³-hybridized carbons (Fsp3) is 0.143. The largest absolute Gasteiger partial charge is 0.545 e. The van der Waals surface area contributed by atoms with Gasteiger partial charge in [0.05, 0.1) is 27.7 Å². The number of carbonyl (C=O) groups is 1. The van der Waals surface area contributed by atoms with Gasteiger partial charge in [-0.15, -0.1) is 0 Å². The fourth-order valence-electron chi connectivity index (χ4n) is 3.67. The van der Waals surface area contributed by atoms with E-state index in [1.54, 1.807) is 48.5 Å². The molecule has 1 aliphatic rings. The Morgan fingerprint density at radius 1 is 1.07 bits per heavy atom. The van der Waals surface area contributed by atoms with Gasteiger partial charge in [-0.2, -0.15) is 0 Å². The highest BCUT2D eigenvalue weighted by molar-refractivity contribution is 6.05. The van der Waals surface area contributed by atoms with E-state index in [0.717, 1.165) is 12.0 Å². The minimum absolute atomic E-state index is 0.0121. The van der Waals surface area contributed by atoms with Gasteiger partial charge in [-0.05, 0) is 48.6 Å². The van der Waals surface area contributed by atoms with Crippen molar-refractivity contribution in [2.45, 2.75) is 19.3 Å². The number of hydrogen-bond acceptors (Lipinski definition) is 5. The molecule has 0 N–H and O–H groups in total. The van der Waals surface area contributed by atoms with Crippen molar-refractivity contribution in [2.75, 3.05) is 0 Å². The molecular weight excluding hydrogens is 344 g/mol. The van der Waals surface area contributed by atoms with Crippen LogP contribution in [0, 0.1) is 10.1 Å². The number of carboxylic acid groups (broad SMARTS) is 1. The molecule has 2 aromatic carbocycles. The minimum atomic E-state index is -1.23. The Balaban J connectivity index is 1.97. The zero-order valence-corrected chi connectivity index (χ0v) is 14.3. The molecule has 0 saturated heterocycles. The van der Waals surface area contributed by atoms with E-state index in [0.29, 0.717) is 40.6 Å². The molecule has 0 aliphatic heterocycles. The summed E-state index contributed by atoms with van der Waals surface area (Å²) in [6.45, 7) is 0. The van der Waals surface area contributed by atoms with Gasteiger partial charge in [-0.1, -0.05) is 30.3 Å². The lowest BCUT2D eigenvalue weighted by molar-refractivity contribution is -0.385. The molecule has 1 aromatic heterocycles. The van der Waals surface area contributed by atoms with Crippen molar-refractivity contribution >= 4 is 34.2 Å². The van der Waals surface area contributed by atoms with Crippen LogP contribution < -0.4 is 5.11 Å². The van der Waals surface area contributed by atoms with Crippen LogP contribution in [-0.2, 0) is 6.42 Å². The number of carbonyl (C=O) groups excluding carboxylic acids is 1. The fourth-order valence-corrected chi connectivity index (χ4v) is 3.67. The number of carboxylic acids is 1. The number of fused-ring (bicyclic) bond motifs is 2. The molecule has 0 unspecified atom stereocenters. The number of aromatic carboxylic acids is 1. The molecule has 1 aliphatic carbocycles. The molecule has 134 valence electrons. The summed E-state index contributed by atoms with van der Waals surface area (Å²) in [7, 11) is 0. The van der Waals surface area contributed by atoms with E-state index in [-0.39, 0.29) is 11.3 Å². The highest BCUT2D eigenvalue weighted by Gasteiger charge is 2.23. The van der Waals surface area contributed by atoms with Crippen LogP contribution in [0.3, 0.4) is 0 Å². The van der Waals surface area contributed by atoms with Crippen molar-refractivity contribution in [1.82, 2.24) is 4.98 Å². The molecule has 0 saturated carbocycles. The molecule has 0 amide bonds. The lowest BCUT2D eigenvalue weighted by atomic mass is 9.86. The van der Waals surface area contributed by atoms with Gasteiger partial charge in [-0.25, -0.2) is 4.98 Å². The molecule has 0 radical (unpaired) electrons. The molecule has 6 nitrogen and oxygen atoms in total. The van der Waals surface area contributed by atoms with E-state index < -0.39 is 10.9 Å². The van der Waals surface area contributed by atoms with Crippen molar-refractivity contribution in [2.24, 2.45) is 0 Å². The van der Waals surface area contributed by atoms with Gasteiger partial charge >= 0.3 is 0 Å². The Hall–Kier alpha value is -3.54. The number of rotatable bonds is 3. The van der Waals surface area contributed by atoms with E-state index in [2.05, 4.69) is 4.98 Å². The van der Waals surface area contributed by atoms with E-state index in [4.69, 9.17) is 0 Å². The number of para-hydroxylation sites is 2. The minimum Gasteiger partial charge on any atom is -0.545 e. The summed E-state index contributed by atoms with van der Waals surface area (Å²) in [5.41, 5.74) is 3.28. The zero-order valence-electron chi connectivity index (χ0n) is 14.3. The van der Waals surface area contributed by atoms with Gasteiger partial charge in [0, 0.05) is 17.0 Å². The molecule has 4 rings (SSSR count). The Bertz CT molecular complexity index is 1120. The third-order valence-electron chi connectivity index (χ3n) is 4.84. The molecule has 0 fully saturated rings. The maximum absolute atomic E-state index is 11.8. The van der Waals surface area contributed by atoms with Gasteiger partial charge in [0.1, 0.15) is 0 Å². The van der Waals surface area contributed by atoms with Crippen LogP contribution in [0.15, 0.2) is 48.5 Å². The number of allylic oxidation sites excluding steroid dienone is 1. The smallest absolute Gasteiger partial charge is 0.276 e. The zero-order chi connectivity index (χ0) is 19.0. The molecule has 0 bridgehead atoms. The first-order valence-corrected chi connectivity index (χ1v) is 8.63. The van der Waals surface area contributed by atoms with Gasteiger partial charge in [0.2, 0.25) is 0 Å². The second kappa shape index (κ2) is 6.64.